The zero-order chi connectivity index (χ0) is 17.1. The molecule has 7 nitrogen and oxygen atoms in total. The normalized spacial score (nSPS) is 28.0. The summed E-state index contributed by atoms with van der Waals surface area (Å²) in [6, 6.07) is 9.37. The summed E-state index contributed by atoms with van der Waals surface area (Å²) in [5.74, 6) is -0.891. The lowest BCUT2D eigenvalue weighted by molar-refractivity contribution is -0.144. The molecule has 0 bridgehead atoms. The van der Waals surface area contributed by atoms with Gasteiger partial charge in [-0.05, 0) is 18.4 Å². The maximum absolute atomic E-state index is 12.2. The van der Waals surface area contributed by atoms with Gasteiger partial charge in [-0.1, -0.05) is 30.3 Å². The second-order valence-electron chi connectivity index (χ2n) is 6.01. The minimum absolute atomic E-state index is 0.0422. The first-order valence-corrected chi connectivity index (χ1v) is 8.00. The van der Waals surface area contributed by atoms with Crippen molar-refractivity contribution in [3.63, 3.8) is 0 Å². The molecule has 2 heterocycles. The molecule has 24 heavy (non-hydrogen) atoms. The quantitative estimate of drug-likeness (QED) is 0.857. The van der Waals surface area contributed by atoms with Gasteiger partial charge in [0.25, 0.3) is 0 Å². The first-order chi connectivity index (χ1) is 11.6. The first-order valence-electron chi connectivity index (χ1n) is 8.00. The summed E-state index contributed by atoms with van der Waals surface area (Å²) in [6.45, 7) is 0.258. The van der Waals surface area contributed by atoms with Crippen LogP contribution in [0.5, 0.6) is 0 Å². The van der Waals surface area contributed by atoms with Crippen LogP contribution in [-0.4, -0.2) is 54.2 Å². The van der Waals surface area contributed by atoms with Crippen LogP contribution in [-0.2, 0) is 19.0 Å². The summed E-state index contributed by atoms with van der Waals surface area (Å²) in [7, 11) is 1.52. The third-order valence-electron chi connectivity index (χ3n) is 4.47. The highest BCUT2D eigenvalue weighted by Gasteiger charge is 2.45. The van der Waals surface area contributed by atoms with Gasteiger partial charge in [0, 0.05) is 7.11 Å². The fourth-order valence-electron chi connectivity index (χ4n) is 3.38. The van der Waals surface area contributed by atoms with E-state index in [-0.39, 0.29) is 31.3 Å². The van der Waals surface area contributed by atoms with Gasteiger partial charge in [-0.15, -0.1) is 0 Å². The predicted octanol–water partition coefficient (Wildman–Crippen LogP) is 2.17. The number of benzene rings is 1. The van der Waals surface area contributed by atoms with Crippen LogP contribution < -0.4 is 0 Å². The average Bonchev–Trinajstić information content (AvgIpc) is 3.17. The third kappa shape index (κ3) is 3.37. The van der Waals surface area contributed by atoms with Crippen LogP contribution in [0.2, 0.25) is 0 Å². The second kappa shape index (κ2) is 7.19. The number of rotatable bonds is 6. The molecule has 7 heteroatoms. The van der Waals surface area contributed by atoms with Gasteiger partial charge >= 0.3 is 12.1 Å². The van der Waals surface area contributed by atoms with E-state index in [9.17, 15) is 9.59 Å². The van der Waals surface area contributed by atoms with Crippen LogP contribution in [0.25, 0.3) is 0 Å². The number of cyclic esters (lactones) is 1. The fraction of sp³-hybridized carbons (Fsp3) is 0.529. The van der Waals surface area contributed by atoms with E-state index in [2.05, 4.69) is 0 Å². The minimum Gasteiger partial charge on any atom is -0.481 e. The maximum atomic E-state index is 12.2. The van der Waals surface area contributed by atoms with Crippen molar-refractivity contribution in [1.82, 2.24) is 4.90 Å². The van der Waals surface area contributed by atoms with Crippen molar-refractivity contribution in [1.29, 1.82) is 0 Å². The molecule has 1 aromatic carbocycles. The number of carboxylic acid groups (broad SMARTS) is 1. The molecule has 4 atom stereocenters. The van der Waals surface area contributed by atoms with Crippen molar-refractivity contribution in [2.75, 3.05) is 13.7 Å². The lowest BCUT2D eigenvalue weighted by atomic mass is 10.1. The number of carbonyl (C=O) groups is 2. The standard InChI is InChI=1S/C17H21NO6/c1-22-16(14-8-7-12(24-14)9-15(19)20)18-13(10-23-17(18)21)11-5-3-2-4-6-11/h2-6,12-14,16H,7-10H2,1H3,(H,19,20)/t12-,13+,14+,16?/m1/s1. The van der Waals surface area contributed by atoms with Crippen molar-refractivity contribution in [3.05, 3.63) is 35.9 Å². The molecule has 0 saturated carbocycles. The van der Waals surface area contributed by atoms with Crippen LogP contribution in [0, 0.1) is 0 Å². The Morgan fingerprint density at radius 2 is 2.12 bits per heavy atom. The summed E-state index contributed by atoms with van der Waals surface area (Å²) in [5.41, 5.74) is 0.963. The molecule has 0 radical (unpaired) electrons. The number of nitrogens with zero attached hydrogens (tertiary/aromatic N) is 1. The second-order valence-corrected chi connectivity index (χ2v) is 6.01. The van der Waals surface area contributed by atoms with E-state index in [0.717, 1.165) is 5.56 Å². The smallest absolute Gasteiger partial charge is 0.412 e. The molecule has 130 valence electrons. The summed E-state index contributed by atoms with van der Waals surface area (Å²) >= 11 is 0. The van der Waals surface area contributed by atoms with Gasteiger partial charge < -0.3 is 19.3 Å². The van der Waals surface area contributed by atoms with Gasteiger partial charge in [0.1, 0.15) is 12.7 Å². The number of carbonyl (C=O) groups excluding carboxylic acids is 1. The van der Waals surface area contributed by atoms with E-state index in [1.807, 2.05) is 30.3 Å². The SMILES string of the molecule is COC([C@@H]1CC[C@H](CC(=O)O)O1)N1C(=O)OC[C@H]1c1ccccc1. The Labute approximate surface area is 140 Å². The van der Waals surface area contributed by atoms with Crippen LogP contribution in [0.3, 0.4) is 0 Å². The molecule has 2 aliphatic heterocycles. The molecule has 1 amide bonds. The Kier molecular flexibility index (Phi) is 5.01. The summed E-state index contributed by atoms with van der Waals surface area (Å²) < 4.78 is 16.6. The van der Waals surface area contributed by atoms with E-state index >= 15 is 0 Å². The molecule has 0 spiro atoms. The highest BCUT2D eigenvalue weighted by atomic mass is 16.6. The Balaban J connectivity index is 1.76. The number of methoxy groups -OCH3 is 1. The van der Waals surface area contributed by atoms with Gasteiger partial charge in [0.05, 0.1) is 18.6 Å². The summed E-state index contributed by atoms with van der Waals surface area (Å²) in [6.07, 6.45) is -0.531. The van der Waals surface area contributed by atoms with E-state index in [1.165, 1.54) is 7.11 Å². The molecule has 0 aromatic heterocycles. The largest absolute Gasteiger partial charge is 0.481 e. The van der Waals surface area contributed by atoms with Crippen molar-refractivity contribution >= 4 is 12.1 Å². The summed E-state index contributed by atoms with van der Waals surface area (Å²) in [4.78, 5) is 24.7. The molecule has 3 rings (SSSR count). The molecule has 1 unspecified atom stereocenters. The van der Waals surface area contributed by atoms with Gasteiger partial charge in [-0.25, -0.2) is 4.79 Å². The molecule has 1 aromatic rings. The summed E-state index contributed by atoms with van der Waals surface area (Å²) in [5, 5.41) is 8.90. The zero-order valence-corrected chi connectivity index (χ0v) is 13.5. The van der Waals surface area contributed by atoms with Gasteiger partial charge in [0.15, 0.2) is 6.23 Å². The molecular formula is C17H21NO6. The molecule has 2 fully saturated rings. The molecule has 2 aliphatic rings. The third-order valence-corrected chi connectivity index (χ3v) is 4.47. The number of aliphatic carboxylic acids is 1. The lowest BCUT2D eigenvalue weighted by Gasteiger charge is -2.33. The van der Waals surface area contributed by atoms with E-state index in [1.54, 1.807) is 4.90 Å². The highest BCUT2D eigenvalue weighted by Crippen LogP contribution is 2.35. The number of hydrogen-bond acceptors (Lipinski definition) is 5. The Morgan fingerprint density at radius 3 is 2.79 bits per heavy atom. The van der Waals surface area contributed by atoms with Crippen molar-refractivity contribution in [3.8, 4) is 0 Å². The predicted molar refractivity (Wildman–Crippen MR) is 83.3 cm³/mol. The first kappa shape index (κ1) is 16.7. The Hall–Kier alpha value is -2.12. The Bertz CT molecular complexity index is 592. The number of ether oxygens (including phenoxy) is 3. The van der Waals surface area contributed by atoms with Crippen molar-refractivity contribution in [2.45, 2.75) is 43.7 Å². The van der Waals surface area contributed by atoms with Gasteiger partial charge in [-0.2, -0.15) is 0 Å². The topological polar surface area (TPSA) is 85.3 Å². The van der Waals surface area contributed by atoms with Crippen LogP contribution >= 0.6 is 0 Å². The molecule has 0 aliphatic carbocycles. The van der Waals surface area contributed by atoms with Crippen molar-refractivity contribution < 1.29 is 28.9 Å². The minimum atomic E-state index is -0.891. The zero-order valence-electron chi connectivity index (χ0n) is 13.5. The van der Waals surface area contributed by atoms with Crippen LogP contribution in [0.15, 0.2) is 30.3 Å². The number of carboxylic acids is 1. The molecular weight excluding hydrogens is 314 g/mol. The molecule has 2 saturated heterocycles. The number of hydrogen-bond donors (Lipinski definition) is 1. The highest BCUT2D eigenvalue weighted by molar-refractivity contribution is 5.71. The maximum Gasteiger partial charge on any atom is 0.412 e. The van der Waals surface area contributed by atoms with Crippen molar-refractivity contribution in [2.24, 2.45) is 0 Å². The monoisotopic (exact) mass is 335 g/mol. The van der Waals surface area contributed by atoms with Gasteiger partial charge in [0.2, 0.25) is 0 Å². The molecule has 1 N–H and O–H groups in total. The van der Waals surface area contributed by atoms with Crippen LogP contribution in [0.1, 0.15) is 30.9 Å². The van der Waals surface area contributed by atoms with Crippen LogP contribution in [0.4, 0.5) is 4.79 Å². The number of amides is 1. The average molecular weight is 335 g/mol. The fourth-order valence-corrected chi connectivity index (χ4v) is 3.38. The lowest BCUT2D eigenvalue weighted by Crippen LogP contribution is -2.46. The Morgan fingerprint density at radius 1 is 1.38 bits per heavy atom. The van der Waals surface area contributed by atoms with Gasteiger partial charge in [-0.3, -0.25) is 9.69 Å². The van der Waals surface area contributed by atoms with E-state index < -0.39 is 18.3 Å². The van der Waals surface area contributed by atoms with E-state index in [4.69, 9.17) is 19.3 Å². The van der Waals surface area contributed by atoms with E-state index in [0.29, 0.717) is 12.8 Å².